The third kappa shape index (κ3) is 7.63. The molecule has 1 aliphatic heterocycles. The van der Waals surface area contributed by atoms with Gasteiger partial charge >= 0.3 is 12.8 Å². The van der Waals surface area contributed by atoms with Crippen LogP contribution < -0.4 is 15.4 Å². The number of nitriles is 1. The number of hydrogen-bond acceptors (Lipinski definition) is 9. The summed E-state index contributed by atoms with van der Waals surface area (Å²) >= 11 is 0.655. The summed E-state index contributed by atoms with van der Waals surface area (Å²) in [6, 6.07) is 11.8. The van der Waals surface area contributed by atoms with Crippen molar-refractivity contribution in [1.82, 2.24) is 4.98 Å². The third-order valence-corrected chi connectivity index (χ3v) is 9.64. The zero-order valence-corrected chi connectivity index (χ0v) is 24.8. The number of carbonyl (C=O) groups excluding carboxylic acids is 1. The van der Waals surface area contributed by atoms with Crippen LogP contribution >= 0.6 is 11.3 Å². The molecule has 1 aromatic heterocycles. The Morgan fingerprint density at radius 1 is 1.23 bits per heavy atom. The number of alkyl halides is 5. The van der Waals surface area contributed by atoms with Gasteiger partial charge in [0.25, 0.3) is 5.19 Å². The molecule has 4 rings (SSSR count). The molecule has 0 aliphatic carbocycles. The Labute approximate surface area is 253 Å². The van der Waals surface area contributed by atoms with Gasteiger partial charge in [0.05, 0.1) is 35.9 Å². The zero-order valence-electron chi connectivity index (χ0n) is 23.1. The molecule has 3 atom stereocenters. The minimum atomic E-state index is -4.66. The predicted octanol–water partition coefficient (Wildman–Crippen LogP) is 5.37. The van der Waals surface area contributed by atoms with Gasteiger partial charge in [-0.2, -0.15) is 32.2 Å². The fraction of sp³-hybridized carbons (Fsp3) is 0.393. The van der Waals surface area contributed by atoms with Crippen LogP contribution in [0.1, 0.15) is 52.9 Å². The van der Waals surface area contributed by atoms with Crippen molar-refractivity contribution in [2.75, 3.05) is 23.8 Å². The fourth-order valence-electron chi connectivity index (χ4n) is 5.02. The van der Waals surface area contributed by atoms with Gasteiger partial charge in [-0.25, -0.2) is 8.42 Å². The van der Waals surface area contributed by atoms with Crippen molar-refractivity contribution >= 4 is 32.8 Å². The van der Waals surface area contributed by atoms with Crippen molar-refractivity contribution in [3.63, 3.8) is 0 Å². The molecule has 0 radical (unpaired) electrons. The Morgan fingerprint density at radius 2 is 1.93 bits per heavy atom. The minimum Gasteiger partial charge on any atom is -0.465 e. The van der Waals surface area contributed by atoms with Gasteiger partial charge in [-0.05, 0) is 41.5 Å². The Bertz CT molecular complexity index is 1620. The SMILES string of the molecule is CCS(=O)(=O)c1ccc([C@H](CC#N)c2cc(N3C[C@@H](Oc4nc(C(F)(F)F)cs4)C[C@H]3COC(F)F)ccc2C(N)=O)cc1. The summed E-state index contributed by atoms with van der Waals surface area (Å²) in [6.45, 7) is -1.95. The minimum absolute atomic E-state index is 0.0556. The van der Waals surface area contributed by atoms with Gasteiger partial charge in [-0.1, -0.05) is 30.4 Å². The van der Waals surface area contributed by atoms with E-state index in [1.165, 1.54) is 31.2 Å². The monoisotopic (exact) mass is 658 g/mol. The van der Waals surface area contributed by atoms with Gasteiger partial charge in [0.2, 0.25) is 5.91 Å². The number of halogens is 5. The number of amides is 1. The molecule has 1 amide bonds. The van der Waals surface area contributed by atoms with Crippen LogP contribution in [0.25, 0.3) is 0 Å². The quantitative estimate of drug-likeness (QED) is 0.257. The number of primary amides is 1. The van der Waals surface area contributed by atoms with Crippen LogP contribution in [0.2, 0.25) is 0 Å². The number of nitrogens with zero attached hydrogens (tertiary/aromatic N) is 3. The van der Waals surface area contributed by atoms with Crippen LogP contribution in [0.3, 0.4) is 0 Å². The lowest BCUT2D eigenvalue weighted by atomic mass is 9.85. The summed E-state index contributed by atoms with van der Waals surface area (Å²) < 4.78 is 99.8. The number of benzene rings is 2. The van der Waals surface area contributed by atoms with Gasteiger partial charge in [0, 0.05) is 35.4 Å². The predicted molar refractivity (Wildman–Crippen MR) is 150 cm³/mol. The second-order valence-corrected chi connectivity index (χ2v) is 13.0. The van der Waals surface area contributed by atoms with E-state index < -0.39 is 58.9 Å². The highest BCUT2D eigenvalue weighted by Gasteiger charge is 2.38. The van der Waals surface area contributed by atoms with E-state index in [2.05, 4.69) is 15.8 Å². The lowest BCUT2D eigenvalue weighted by molar-refractivity contribution is -0.141. The molecule has 1 fully saturated rings. The molecular formula is C28H27F5N4O5S2. The molecule has 0 bridgehead atoms. The van der Waals surface area contributed by atoms with Crippen molar-refractivity contribution in [2.45, 2.75) is 55.5 Å². The number of anilines is 1. The molecule has 1 saturated heterocycles. The molecule has 0 spiro atoms. The fourth-order valence-corrected chi connectivity index (χ4v) is 6.64. The Balaban J connectivity index is 1.69. The van der Waals surface area contributed by atoms with Crippen LogP contribution in [0.15, 0.2) is 52.7 Å². The summed E-state index contributed by atoms with van der Waals surface area (Å²) in [6.07, 6.45) is -5.40. The first-order valence-electron chi connectivity index (χ1n) is 13.2. The number of carbonyl (C=O) groups is 1. The standard InChI is InChI=1S/C28H27F5N4O5S2/c1-2-44(39,40)20-6-3-16(4-7-20)21(9-10-34)23-12-17(5-8-22(23)25(35)38)37-13-19(11-18(37)14-41-26(29)30)42-27-36-24(15-43-27)28(31,32)33/h3-8,12,15,18-19,21,26H,2,9,11,13-14H2,1H3,(H2,35,38)/t18-,19-,21-/m0/s1. The smallest absolute Gasteiger partial charge is 0.434 e. The molecule has 2 N–H and O–H groups in total. The van der Waals surface area contributed by atoms with Crippen molar-refractivity contribution in [3.8, 4) is 11.3 Å². The maximum Gasteiger partial charge on any atom is 0.434 e. The van der Waals surface area contributed by atoms with E-state index in [-0.39, 0.29) is 40.8 Å². The normalized spacial score (nSPS) is 17.9. The lowest BCUT2D eigenvalue weighted by Crippen LogP contribution is -2.34. The van der Waals surface area contributed by atoms with Crippen LogP contribution in [0.4, 0.5) is 27.6 Å². The number of nitrogens with two attached hydrogens (primary N) is 1. The first-order chi connectivity index (χ1) is 20.7. The molecule has 9 nitrogen and oxygen atoms in total. The van der Waals surface area contributed by atoms with E-state index in [1.54, 1.807) is 23.1 Å². The zero-order chi connectivity index (χ0) is 32.2. The number of rotatable bonds is 12. The summed E-state index contributed by atoms with van der Waals surface area (Å²) in [5.41, 5.74) is 5.94. The summed E-state index contributed by atoms with van der Waals surface area (Å²) in [4.78, 5) is 17.7. The molecule has 2 heterocycles. The topological polar surface area (TPSA) is 136 Å². The van der Waals surface area contributed by atoms with E-state index in [0.29, 0.717) is 28.2 Å². The van der Waals surface area contributed by atoms with E-state index >= 15 is 0 Å². The molecule has 236 valence electrons. The molecule has 3 aromatic rings. The molecule has 16 heteroatoms. The highest BCUT2D eigenvalue weighted by molar-refractivity contribution is 7.91. The summed E-state index contributed by atoms with van der Waals surface area (Å²) in [5, 5.41) is 10.2. The van der Waals surface area contributed by atoms with Gasteiger partial charge in [0.1, 0.15) is 6.10 Å². The van der Waals surface area contributed by atoms with E-state index in [0.717, 1.165) is 5.38 Å². The number of thiazole rings is 1. The highest BCUT2D eigenvalue weighted by Crippen LogP contribution is 2.38. The summed E-state index contributed by atoms with van der Waals surface area (Å²) in [5.74, 6) is -1.61. The van der Waals surface area contributed by atoms with Crippen LogP contribution in [-0.4, -0.2) is 57.0 Å². The second-order valence-electron chi connectivity index (χ2n) is 9.90. The Kier molecular flexibility index (Phi) is 10.1. The van der Waals surface area contributed by atoms with Crippen molar-refractivity contribution < 1.29 is 44.6 Å². The van der Waals surface area contributed by atoms with Crippen LogP contribution in [0.5, 0.6) is 5.19 Å². The van der Waals surface area contributed by atoms with E-state index in [1.807, 2.05) is 0 Å². The number of hydrogen-bond donors (Lipinski definition) is 1. The Morgan fingerprint density at radius 3 is 2.50 bits per heavy atom. The average Bonchev–Trinajstić information content (AvgIpc) is 3.62. The van der Waals surface area contributed by atoms with E-state index in [4.69, 9.17) is 10.5 Å². The number of ether oxygens (including phenoxy) is 2. The molecule has 0 saturated carbocycles. The largest absolute Gasteiger partial charge is 0.465 e. The lowest BCUT2D eigenvalue weighted by Gasteiger charge is -2.28. The third-order valence-electron chi connectivity index (χ3n) is 7.16. The molecule has 44 heavy (non-hydrogen) atoms. The molecular weight excluding hydrogens is 631 g/mol. The Hall–Kier alpha value is -3.81. The summed E-state index contributed by atoms with van der Waals surface area (Å²) in [7, 11) is -3.49. The van der Waals surface area contributed by atoms with Crippen molar-refractivity contribution in [2.24, 2.45) is 5.73 Å². The highest BCUT2D eigenvalue weighted by atomic mass is 32.2. The van der Waals surface area contributed by atoms with Crippen LogP contribution in [0, 0.1) is 11.3 Å². The number of aromatic nitrogens is 1. The first kappa shape index (κ1) is 33.1. The van der Waals surface area contributed by atoms with Gasteiger partial charge in [-0.3, -0.25) is 4.79 Å². The van der Waals surface area contributed by atoms with Crippen LogP contribution in [-0.2, 0) is 20.8 Å². The average molecular weight is 659 g/mol. The van der Waals surface area contributed by atoms with Gasteiger partial charge in [-0.15, -0.1) is 0 Å². The number of sulfone groups is 1. The first-order valence-corrected chi connectivity index (χ1v) is 15.8. The van der Waals surface area contributed by atoms with Crippen molar-refractivity contribution in [1.29, 1.82) is 5.26 Å². The van der Waals surface area contributed by atoms with Crippen molar-refractivity contribution in [3.05, 3.63) is 70.2 Å². The van der Waals surface area contributed by atoms with Gasteiger partial charge in [0.15, 0.2) is 15.5 Å². The van der Waals surface area contributed by atoms with Gasteiger partial charge < -0.3 is 20.1 Å². The molecule has 1 aliphatic rings. The maximum absolute atomic E-state index is 13.0. The second kappa shape index (κ2) is 13.4. The molecule has 2 aromatic carbocycles. The molecule has 0 unspecified atom stereocenters. The maximum atomic E-state index is 13.0. The van der Waals surface area contributed by atoms with E-state index in [9.17, 15) is 40.4 Å².